The molecule has 106 valence electrons. The van der Waals surface area contributed by atoms with Gasteiger partial charge in [-0.25, -0.2) is 0 Å². The summed E-state index contributed by atoms with van der Waals surface area (Å²) in [6, 6.07) is 7.13. The SMILES string of the molecule is CCOc1ccc(C(=O)CN(C)CC(C)(C)O)cc1. The van der Waals surface area contributed by atoms with Crippen molar-refractivity contribution in [1.29, 1.82) is 0 Å². The Hall–Kier alpha value is -1.39. The van der Waals surface area contributed by atoms with Crippen LogP contribution in [0.5, 0.6) is 5.75 Å². The third kappa shape index (κ3) is 5.85. The van der Waals surface area contributed by atoms with Gasteiger partial charge in [-0.05, 0) is 52.1 Å². The molecule has 0 spiro atoms. The highest BCUT2D eigenvalue weighted by molar-refractivity contribution is 5.97. The van der Waals surface area contributed by atoms with Crippen LogP contribution in [0.3, 0.4) is 0 Å². The molecular weight excluding hydrogens is 242 g/mol. The summed E-state index contributed by atoms with van der Waals surface area (Å²) < 4.78 is 5.33. The van der Waals surface area contributed by atoms with Gasteiger partial charge in [0.05, 0.1) is 18.8 Å². The second-order valence-corrected chi connectivity index (χ2v) is 5.37. The van der Waals surface area contributed by atoms with Gasteiger partial charge in [-0.1, -0.05) is 0 Å². The molecule has 1 aromatic rings. The fraction of sp³-hybridized carbons (Fsp3) is 0.533. The molecule has 19 heavy (non-hydrogen) atoms. The second kappa shape index (κ2) is 6.68. The number of benzene rings is 1. The van der Waals surface area contributed by atoms with E-state index in [0.29, 0.717) is 18.7 Å². The Kier molecular flexibility index (Phi) is 5.51. The van der Waals surface area contributed by atoms with Gasteiger partial charge in [-0.2, -0.15) is 0 Å². The first kappa shape index (κ1) is 15.7. The third-order valence-corrected chi connectivity index (χ3v) is 2.56. The van der Waals surface area contributed by atoms with Gasteiger partial charge in [-0.3, -0.25) is 9.69 Å². The minimum Gasteiger partial charge on any atom is -0.494 e. The monoisotopic (exact) mass is 265 g/mol. The van der Waals surface area contributed by atoms with E-state index in [2.05, 4.69) is 0 Å². The van der Waals surface area contributed by atoms with Gasteiger partial charge in [0.15, 0.2) is 5.78 Å². The number of carbonyl (C=O) groups is 1. The lowest BCUT2D eigenvalue weighted by Crippen LogP contribution is -2.38. The van der Waals surface area contributed by atoms with Crippen molar-refractivity contribution in [1.82, 2.24) is 4.90 Å². The smallest absolute Gasteiger partial charge is 0.176 e. The summed E-state index contributed by atoms with van der Waals surface area (Å²) in [7, 11) is 1.82. The maximum atomic E-state index is 12.0. The molecule has 0 bridgehead atoms. The molecule has 0 fully saturated rings. The molecule has 0 unspecified atom stereocenters. The van der Waals surface area contributed by atoms with Crippen LogP contribution in [0.25, 0.3) is 0 Å². The van der Waals surface area contributed by atoms with Crippen LogP contribution in [0.1, 0.15) is 31.1 Å². The molecule has 0 radical (unpaired) electrons. The summed E-state index contributed by atoms with van der Waals surface area (Å²) >= 11 is 0. The van der Waals surface area contributed by atoms with Crippen LogP contribution in [0.2, 0.25) is 0 Å². The van der Waals surface area contributed by atoms with E-state index < -0.39 is 5.60 Å². The number of nitrogens with zero attached hydrogens (tertiary/aromatic N) is 1. The average Bonchev–Trinajstić information content (AvgIpc) is 2.27. The van der Waals surface area contributed by atoms with Crippen molar-refractivity contribution >= 4 is 5.78 Å². The molecule has 4 nitrogen and oxygen atoms in total. The first-order valence-corrected chi connectivity index (χ1v) is 6.49. The van der Waals surface area contributed by atoms with Crippen LogP contribution in [-0.4, -0.2) is 48.1 Å². The Morgan fingerprint density at radius 3 is 2.37 bits per heavy atom. The van der Waals surface area contributed by atoms with Crippen molar-refractivity contribution in [2.75, 3.05) is 26.7 Å². The van der Waals surface area contributed by atoms with Gasteiger partial charge in [0.1, 0.15) is 5.75 Å². The van der Waals surface area contributed by atoms with E-state index in [1.165, 1.54) is 0 Å². The highest BCUT2D eigenvalue weighted by atomic mass is 16.5. The van der Waals surface area contributed by atoms with Crippen molar-refractivity contribution in [3.63, 3.8) is 0 Å². The van der Waals surface area contributed by atoms with E-state index in [-0.39, 0.29) is 12.3 Å². The Morgan fingerprint density at radius 1 is 1.32 bits per heavy atom. The van der Waals surface area contributed by atoms with Crippen LogP contribution in [0, 0.1) is 0 Å². The molecule has 1 rings (SSSR count). The summed E-state index contributed by atoms with van der Waals surface area (Å²) in [5.41, 5.74) is -0.139. The zero-order chi connectivity index (χ0) is 14.5. The molecule has 0 aromatic heterocycles. The highest BCUT2D eigenvalue weighted by Gasteiger charge is 2.17. The van der Waals surface area contributed by atoms with Gasteiger partial charge in [0.25, 0.3) is 0 Å². The zero-order valence-electron chi connectivity index (χ0n) is 12.1. The molecule has 0 saturated carbocycles. The van der Waals surface area contributed by atoms with Crippen molar-refractivity contribution in [3.8, 4) is 5.75 Å². The number of hydrogen-bond donors (Lipinski definition) is 1. The van der Waals surface area contributed by atoms with Crippen LogP contribution in [0.4, 0.5) is 0 Å². The first-order valence-electron chi connectivity index (χ1n) is 6.49. The molecule has 0 saturated heterocycles. The standard InChI is InChI=1S/C15H23NO3/c1-5-19-13-8-6-12(7-9-13)14(17)10-16(4)11-15(2,3)18/h6-9,18H,5,10-11H2,1-4H3. The lowest BCUT2D eigenvalue weighted by Gasteiger charge is -2.24. The summed E-state index contributed by atoms with van der Waals surface area (Å²) in [6.45, 7) is 6.73. The van der Waals surface area contributed by atoms with Crippen molar-refractivity contribution in [2.45, 2.75) is 26.4 Å². The predicted octanol–water partition coefficient (Wildman–Crippen LogP) is 1.97. The van der Waals surface area contributed by atoms with E-state index in [1.807, 2.05) is 18.9 Å². The Morgan fingerprint density at radius 2 is 1.89 bits per heavy atom. The molecular formula is C15H23NO3. The molecule has 0 aliphatic carbocycles. The Balaban J connectivity index is 2.58. The normalized spacial score (nSPS) is 11.7. The number of carbonyl (C=O) groups excluding carboxylic acids is 1. The van der Waals surface area contributed by atoms with E-state index >= 15 is 0 Å². The van der Waals surface area contributed by atoms with E-state index in [4.69, 9.17) is 4.74 Å². The summed E-state index contributed by atoms with van der Waals surface area (Å²) in [5, 5.41) is 9.70. The molecule has 4 heteroatoms. The fourth-order valence-electron chi connectivity index (χ4n) is 1.96. The summed E-state index contributed by atoms with van der Waals surface area (Å²) in [4.78, 5) is 13.9. The number of rotatable bonds is 7. The van der Waals surface area contributed by atoms with Gasteiger partial charge >= 0.3 is 0 Å². The predicted molar refractivity (Wildman–Crippen MR) is 75.7 cm³/mol. The lowest BCUT2D eigenvalue weighted by atomic mass is 10.1. The molecule has 1 aromatic carbocycles. The van der Waals surface area contributed by atoms with Crippen LogP contribution < -0.4 is 4.74 Å². The van der Waals surface area contributed by atoms with Gasteiger partial charge in [-0.15, -0.1) is 0 Å². The molecule has 0 heterocycles. The van der Waals surface area contributed by atoms with E-state index in [9.17, 15) is 9.90 Å². The van der Waals surface area contributed by atoms with Crippen LogP contribution in [0.15, 0.2) is 24.3 Å². The van der Waals surface area contributed by atoms with Crippen molar-refractivity contribution in [2.24, 2.45) is 0 Å². The molecule has 0 aliphatic heterocycles. The topological polar surface area (TPSA) is 49.8 Å². The first-order chi connectivity index (χ1) is 8.81. The quantitative estimate of drug-likeness (QED) is 0.766. The van der Waals surface area contributed by atoms with E-state index in [0.717, 1.165) is 5.75 Å². The maximum Gasteiger partial charge on any atom is 0.176 e. The van der Waals surface area contributed by atoms with Crippen molar-refractivity contribution < 1.29 is 14.6 Å². The lowest BCUT2D eigenvalue weighted by molar-refractivity contribution is 0.0439. The number of hydrogen-bond acceptors (Lipinski definition) is 4. The average molecular weight is 265 g/mol. The number of aliphatic hydroxyl groups is 1. The van der Waals surface area contributed by atoms with Crippen molar-refractivity contribution in [3.05, 3.63) is 29.8 Å². The van der Waals surface area contributed by atoms with E-state index in [1.54, 1.807) is 38.1 Å². The third-order valence-electron chi connectivity index (χ3n) is 2.56. The van der Waals surface area contributed by atoms with Gasteiger partial charge in [0, 0.05) is 12.1 Å². The summed E-state index contributed by atoms with van der Waals surface area (Å²) in [5.74, 6) is 0.804. The van der Waals surface area contributed by atoms with Crippen LogP contribution in [-0.2, 0) is 0 Å². The Bertz CT molecular complexity index is 406. The Labute approximate surface area is 115 Å². The molecule has 0 aliphatic rings. The molecule has 1 N–H and O–H groups in total. The molecule has 0 amide bonds. The molecule has 0 atom stereocenters. The second-order valence-electron chi connectivity index (χ2n) is 5.37. The minimum absolute atomic E-state index is 0.0369. The van der Waals surface area contributed by atoms with Gasteiger partial charge < -0.3 is 9.84 Å². The fourth-order valence-corrected chi connectivity index (χ4v) is 1.96. The van der Waals surface area contributed by atoms with Crippen LogP contribution >= 0.6 is 0 Å². The summed E-state index contributed by atoms with van der Waals surface area (Å²) in [6.07, 6.45) is 0. The number of likely N-dealkylation sites (N-methyl/N-ethyl adjacent to an activating group) is 1. The number of ketones is 1. The highest BCUT2D eigenvalue weighted by Crippen LogP contribution is 2.13. The van der Waals surface area contributed by atoms with Gasteiger partial charge in [0.2, 0.25) is 0 Å². The zero-order valence-corrected chi connectivity index (χ0v) is 12.1. The maximum absolute atomic E-state index is 12.0. The minimum atomic E-state index is -0.798. The number of Topliss-reactive ketones (excluding diaryl/α,β-unsaturated/α-hetero) is 1. The largest absolute Gasteiger partial charge is 0.494 e. The number of ether oxygens (including phenoxy) is 1.